The number of benzene rings is 3. The zero-order valence-electron chi connectivity index (χ0n) is 22.7. The normalized spacial score (nSPS) is 15.6. The number of aryl methyl sites for hydroxylation is 1. The summed E-state index contributed by atoms with van der Waals surface area (Å²) < 4.78 is 19.4. The SMILES string of the molecule is CC[C@H](Oc1ccc2c(c1)[C@H](c1ccc(C)cc1)N(C(=O)CC(C)C)CC2)C(=O)NCc1ccc(F)cc1. The molecular formula is C32H37FN2O3. The van der Waals surface area contributed by atoms with Gasteiger partial charge in [0.25, 0.3) is 5.91 Å². The number of carbonyl (C=O) groups excluding carboxylic acids is 2. The number of nitrogens with one attached hydrogen (secondary N) is 1. The summed E-state index contributed by atoms with van der Waals surface area (Å²) in [5.41, 5.74) is 5.27. The molecule has 0 radical (unpaired) electrons. The molecule has 3 aromatic rings. The molecule has 3 aromatic carbocycles. The monoisotopic (exact) mass is 516 g/mol. The third kappa shape index (κ3) is 6.60. The van der Waals surface area contributed by atoms with Crippen molar-refractivity contribution in [3.8, 4) is 5.75 Å². The second-order valence-corrected chi connectivity index (χ2v) is 10.5. The van der Waals surface area contributed by atoms with Gasteiger partial charge in [0.15, 0.2) is 6.10 Å². The number of ether oxygens (including phenoxy) is 1. The number of nitrogens with zero attached hydrogens (tertiary/aromatic N) is 1. The number of amides is 2. The number of halogens is 1. The Hall–Kier alpha value is -3.67. The van der Waals surface area contributed by atoms with Crippen LogP contribution < -0.4 is 10.1 Å². The van der Waals surface area contributed by atoms with Gasteiger partial charge in [0.2, 0.25) is 5.91 Å². The molecule has 4 rings (SSSR count). The maximum absolute atomic E-state index is 13.3. The van der Waals surface area contributed by atoms with E-state index in [2.05, 4.69) is 56.4 Å². The molecule has 0 saturated heterocycles. The molecule has 0 unspecified atom stereocenters. The highest BCUT2D eigenvalue weighted by Crippen LogP contribution is 2.38. The fourth-order valence-electron chi connectivity index (χ4n) is 4.90. The van der Waals surface area contributed by atoms with Gasteiger partial charge in [-0.05, 0) is 72.2 Å². The maximum Gasteiger partial charge on any atom is 0.261 e. The van der Waals surface area contributed by atoms with E-state index in [1.807, 2.05) is 24.0 Å². The average molecular weight is 517 g/mol. The molecule has 0 aromatic heterocycles. The van der Waals surface area contributed by atoms with Gasteiger partial charge < -0.3 is 15.0 Å². The molecule has 5 nitrogen and oxygen atoms in total. The van der Waals surface area contributed by atoms with Crippen molar-refractivity contribution < 1.29 is 18.7 Å². The Labute approximate surface area is 225 Å². The lowest BCUT2D eigenvalue weighted by Crippen LogP contribution is -2.41. The smallest absolute Gasteiger partial charge is 0.261 e. The van der Waals surface area contributed by atoms with Gasteiger partial charge in [-0.1, -0.05) is 68.8 Å². The lowest BCUT2D eigenvalue weighted by molar-refractivity contribution is -0.134. The molecule has 1 aliphatic heterocycles. The molecule has 0 bridgehead atoms. The van der Waals surface area contributed by atoms with Gasteiger partial charge in [-0.15, -0.1) is 0 Å². The number of rotatable bonds is 9. The standard InChI is InChI=1S/C32H37FN2O3/c1-5-29(32(37)34-20-23-8-13-26(33)14-9-23)38-27-15-12-24-16-17-35(30(36)18-21(2)3)31(28(24)19-27)25-10-6-22(4)7-11-25/h6-15,19,21,29,31H,5,16-18,20H2,1-4H3,(H,34,37)/t29-,31-/m0/s1. The molecule has 1 aliphatic rings. The van der Waals surface area contributed by atoms with Crippen molar-refractivity contribution in [1.82, 2.24) is 10.2 Å². The number of carbonyl (C=O) groups is 2. The first-order valence-electron chi connectivity index (χ1n) is 13.4. The average Bonchev–Trinajstić information content (AvgIpc) is 2.90. The van der Waals surface area contributed by atoms with E-state index in [4.69, 9.17) is 4.74 Å². The molecule has 200 valence electrons. The van der Waals surface area contributed by atoms with Crippen molar-refractivity contribution in [2.45, 2.75) is 65.6 Å². The Kier molecular flexibility index (Phi) is 8.82. The minimum atomic E-state index is -0.673. The van der Waals surface area contributed by atoms with Crippen LogP contribution in [-0.4, -0.2) is 29.4 Å². The van der Waals surface area contributed by atoms with Crippen molar-refractivity contribution in [2.75, 3.05) is 6.54 Å². The van der Waals surface area contributed by atoms with E-state index in [1.54, 1.807) is 12.1 Å². The molecule has 0 aliphatic carbocycles. The number of fused-ring (bicyclic) bond motifs is 1. The van der Waals surface area contributed by atoms with Crippen LogP contribution in [0.3, 0.4) is 0 Å². The summed E-state index contributed by atoms with van der Waals surface area (Å²) in [4.78, 5) is 28.2. The van der Waals surface area contributed by atoms with Crippen LogP contribution in [0.4, 0.5) is 4.39 Å². The Bertz CT molecular complexity index is 1250. The first-order valence-corrected chi connectivity index (χ1v) is 13.4. The molecule has 6 heteroatoms. The molecule has 2 atom stereocenters. The predicted molar refractivity (Wildman–Crippen MR) is 147 cm³/mol. The van der Waals surface area contributed by atoms with Gasteiger partial charge in [0.05, 0.1) is 6.04 Å². The van der Waals surface area contributed by atoms with Crippen LogP contribution in [0, 0.1) is 18.7 Å². The van der Waals surface area contributed by atoms with Crippen molar-refractivity contribution in [1.29, 1.82) is 0 Å². The van der Waals surface area contributed by atoms with Gasteiger partial charge in [-0.2, -0.15) is 0 Å². The largest absolute Gasteiger partial charge is 0.481 e. The zero-order chi connectivity index (χ0) is 27.2. The molecule has 0 fully saturated rings. The van der Waals surface area contributed by atoms with Crippen LogP contribution in [0.25, 0.3) is 0 Å². The van der Waals surface area contributed by atoms with E-state index in [0.717, 1.165) is 23.1 Å². The molecule has 1 heterocycles. The van der Waals surface area contributed by atoms with Crippen molar-refractivity contribution in [3.63, 3.8) is 0 Å². The first-order chi connectivity index (χ1) is 18.2. The fourth-order valence-corrected chi connectivity index (χ4v) is 4.90. The van der Waals surface area contributed by atoms with Crippen LogP contribution in [0.1, 0.15) is 67.5 Å². The summed E-state index contributed by atoms with van der Waals surface area (Å²) >= 11 is 0. The summed E-state index contributed by atoms with van der Waals surface area (Å²) in [7, 11) is 0. The van der Waals surface area contributed by atoms with Crippen LogP contribution in [0.5, 0.6) is 5.75 Å². The van der Waals surface area contributed by atoms with Crippen LogP contribution in [0.15, 0.2) is 66.7 Å². The Balaban J connectivity index is 1.57. The van der Waals surface area contributed by atoms with Gasteiger partial charge in [-0.25, -0.2) is 4.39 Å². The lowest BCUT2D eigenvalue weighted by atomic mass is 9.87. The topological polar surface area (TPSA) is 58.6 Å². The molecule has 0 saturated carbocycles. The second kappa shape index (κ2) is 12.2. The van der Waals surface area contributed by atoms with E-state index in [-0.39, 0.29) is 29.6 Å². The summed E-state index contributed by atoms with van der Waals surface area (Å²) in [6.45, 7) is 9.05. The first kappa shape index (κ1) is 27.4. The third-order valence-electron chi connectivity index (χ3n) is 6.96. The van der Waals surface area contributed by atoms with E-state index in [9.17, 15) is 14.0 Å². The third-order valence-corrected chi connectivity index (χ3v) is 6.96. The molecule has 0 spiro atoms. The van der Waals surface area contributed by atoms with Crippen molar-refractivity contribution >= 4 is 11.8 Å². The van der Waals surface area contributed by atoms with Gasteiger partial charge in [0, 0.05) is 19.5 Å². The van der Waals surface area contributed by atoms with Gasteiger partial charge >= 0.3 is 0 Å². The van der Waals surface area contributed by atoms with Gasteiger partial charge in [0.1, 0.15) is 11.6 Å². The summed E-state index contributed by atoms with van der Waals surface area (Å²) in [5, 5.41) is 2.89. The molecular weight excluding hydrogens is 479 g/mol. The lowest BCUT2D eigenvalue weighted by Gasteiger charge is -2.38. The van der Waals surface area contributed by atoms with E-state index in [1.165, 1.54) is 23.3 Å². The number of hydrogen-bond donors (Lipinski definition) is 1. The van der Waals surface area contributed by atoms with Crippen molar-refractivity contribution in [3.05, 3.63) is 100 Å². The summed E-state index contributed by atoms with van der Waals surface area (Å²) in [5.74, 6) is 0.488. The van der Waals surface area contributed by atoms with Gasteiger partial charge in [-0.3, -0.25) is 9.59 Å². The Morgan fingerprint density at radius 1 is 1.05 bits per heavy atom. The van der Waals surface area contributed by atoms with E-state index in [0.29, 0.717) is 31.7 Å². The fraction of sp³-hybridized carbons (Fsp3) is 0.375. The highest BCUT2D eigenvalue weighted by Gasteiger charge is 2.33. The second-order valence-electron chi connectivity index (χ2n) is 10.5. The summed E-state index contributed by atoms with van der Waals surface area (Å²) in [6, 6.07) is 20.1. The van der Waals surface area contributed by atoms with Crippen LogP contribution in [0.2, 0.25) is 0 Å². The highest BCUT2D eigenvalue weighted by atomic mass is 19.1. The van der Waals surface area contributed by atoms with Crippen LogP contribution >= 0.6 is 0 Å². The van der Waals surface area contributed by atoms with E-state index >= 15 is 0 Å². The maximum atomic E-state index is 13.3. The van der Waals surface area contributed by atoms with Crippen molar-refractivity contribution in [2.24, 2.45) is 5.92 Å². The summed E-state index contributed by atoms with van der Waals surface area (Å²) in [6.07, 6.45) is 1.10. The number of hydrogen-bond acceptors (Lipinski definition) is 3. The Morgan fingerprint density at radius 2 is 1.76 bits per heavy atom. The molecule has 38 heavy (non-hydrogen) atoms. The van der Waals surface area contributed by atoms with E-state index < -0.39 is 6.10 Å². The molecule has 2 amide bonds. The highest BCUT2D eigenvalue weighted by molar-refractivity contribution is 5.81. The Morgan fingerprint density at radius 3 is 2.42 bits per heavy atom. The van der Waals surface area contributed by atoms with Crippen LogP contribution in [-0.2, 0) is 22.6 Å². The molecule has 1 N–H and O–H groups in total. The zero-order valence-corrected chi connectivity index (χ0v) is 22.7. The minimum Gasteiger partial charge on any atom is -0.481 e. The quantitative estimate of drug-likeness (QED) is 0.372. The minimum absolute atomic E-state index is 0.147. The predicted octanol–water partition coefficient (Wildman–Crippen LogP) is 6.13.